The van der Waals surface area contributed by atoms with E-state index in [2.05, 4.69) is 20.2 Å². The fourth-order valence-electron chi connectivity index (χ4n) is 3.98. The molecule has 0 amide bonds. The molecule has 3 heterocycles. The number of carbonyl (C=O) groups is 1. The maximum absolute atomic E-state index is 14.0. The third kappa shape index (κ3) is 6.49. The van der Waals surface area contributed by atoms with Crippen LogP contribution in [0.5, 0.6) is 0 Å². The van der Waals surface area contributed by atoms with Crippen LogP contribution in [-0.2, 0) is 22.5 Å². The molecule has 1 saturated heterocycles. The van der Waals surface area contributed by atoms with Crippen LogP contribution < -0.4 is 10.6 Å². The van der Waals surface area contributed by atoms with Crippen LogP contribution in [0.1, 0.15) is 18.7 Å². The van der Waals surface area contributed by atoms with E-state index in [1.807, 2.05) is 6.20 Å². The summed E-state index contributed by atoms with van der Waals surface area (Å²) in [4.78, 5) is 13.5. The zero-order valence-corrected chi connectivity index (χ0v) is 17.8. The molecule has 7 nitrogen and oxygen atoms in total. The normalized spacial score (nSPS) is 22.8. The summed E-state index contributed by atoms with van der Waals surface area (Å²) in [7, 11) is 1.75. The summed E-state index contributed by atoms with van der Waals surface area (Å²) >= 11 is 0. The first-order chi connectivity index (χ1) is 15.6. The van der Waals surface area contributed by atoms with Gasteiger partial charge in [0.25, 0.3) is 0 Å². The topological polar surface area (TPSA) is 88.4 Å². The van der Waals surface area contributed by atoms with Crippen molar-refractivity contribution in [2.24, 2.45) is 0 Å². The summed E-state index contributed by atoms with van der Waals surface area (Å²) in [5.74, 6) is -2.95. The fraction of sp³-hybridized carbons (Fsp3) is 0.524. The summed E-state index contributed by atoms with van der Waals surface area (Å²) in [6.07, 6.45) is -0.170. The van der Waals surface area contributed by atoms with Gasteiger partial charge >= 0.3 is 12.1 Å². The van der Waals surface area contributed by atoms with Crippen LogP contribution in [-0.4, -0.2) is 65.2 Å². The lowest BCUT2D eigenvalue weighted by Crippen LogP contribution is -2.55. The highest BCUT2D eigenvalue weighted by Gasteiger charge is 2.38. The number of aryl methyl sites for hydroxylation is 1. The lowest BCUT2D eigenvalue weighted by molar-refractivity contribution is -0.192. The minimum atomic E-state index is -5.08. The molecular weight excluding hydrogens is 451 g/mol. The SMILES string of the molecule is COC1CNCCC1NC1CCc2nc(-c3ccc(F)cc3F)cn2C1.O=C(O)C(F)(F)F. The van der Waals surface area contributed by atoms with Crippen LogP contribution in [0.4, 0.5) is 22.0 Å². The number of imidazole rings is 1. The number of ether oxygens (including phenoxy) is 1. The minimum absolute atomic E-state index is 0.178. The van der Waals surface area contributed by atoms with Crippen LogP contribution in [0.25, 0.3) is 11.3 Å². The van der Waals surface area contributed by atoms with Gasteiger partial charge in [0.15, 0.2) is 0 Å². The van der Waals surface area contributed by atoms with Gasteiger partial charge in [-0.25, -0.2) is 18.6 Å². The molecule has 2 aliphatic heterocycles. The van der Waals surface area contributed by atoms with Crippen LogP contribution in [0.15, 0.2) is 24.4 Å². The number of halogens is 5. The van der Waals surface area contributed by atoms with Gasteiger partial charge in [0.05, 0.1) is 11.8 Å². The number of carboxylic acid groups (broad SMARTS) is 1. The Bertz CT molecular complexity index is 966. The molecule has 0 aliphatic carbocycles. The van der Waals surface area contributed by atoms with Crippen molar-refractivity contribution < 1.29 is 36.6 Å². The molecule has 33 heavy (non-hydrogen) atoms. The van der Waals surface area contributed by atoms with Gasteiger partial charge in [-0.2, -0.15) is 13.2 Å². The molecule has 0 spiro atoms. The maximum atomic E-state index is 14.0. The quantitative estimate of drug-likeness (QED) is 0.589. The van der Waals surface area contributed by atoms with E-state index in [1.165, 1.54) is 12.1 Å². The number of hydrogen-bond acceptors (Lipinski definition) is 5. The number of fused-ring (bicyclic) bond motifs is 1. The Kier molecular flexibility index (Phi) is 8.03. The van der Waals surface area contributed by atoms with Crippen LogP contribution >= 0.6 is 0 Å². The molecule has 2 aliphatic rings. The summed E-state index contributed by atoms with van der Waals surface area (Å²) in [5, 5.41) is 14.2. The van der Waals surface area contributed by atoms with E-state index in [-0.39, 0.29) is 6.10 Å². The zero-order chi connectivity index (χ0) is 24.2. The Morgan fingerprint density at radius 2 is 2.03 bits per heavy atom. The number of piperidine rings is 1. The molecule has 0 radical (unpaired) electrons. The number of nitrogens with one attached hydrogen (secondary N) is 2. The molecule has 12 heteroatoms. The lowest BCUT2D eigenvalue weighted by atomic mass is 9.99. The van der Waals surface area contributed by atoms with Gasteiger partial charge in [-0.1, -0.05) is 0 Å². The van der Waals surface area contributed by atoms with Gasteiger partial charge in [0.2, 0.25) is 0 Å². The van der Waals surface area contributed by atoms with Gasteiger partial charge in [-0.15, -0.1) is 0 Å². The van der Waals surface area contributed by atoms with Crippen molar-refractivity contribution in [1.82, 2.24) is 20.2 Å². The smallest absolute Gasteiger partial charge is 0.475 e. The van der Waals surface area contributed by atoms with Gasteiger partial charge in [-0.05, 0) is 31.5 Å². The second-order valence-corrected chi connectivity index (χ2v) is 7.90. The van der Waals surface area contributed by atoms with Crippen molar-refractivity contribution in [1.29, 1.82) is 0 Å². The highest BCUT2D eigenvalue weighted by Crippen LogP contribution is 2.26. The van der Waals surface area contributed by atoms with E-state index in [0.717, 1.165) is 50.8 Å². The first-order valence-corrected chi connectivity index (χ1v) is 10.4. The Hall–Kier alpha value is -2.57. The second-order valence-electron chi connectivity index (χ2n) is 7.90. The number of nitrogens with zero attached hydrogens (tertiary/aromatic N) is 2. The molecule has 4 rings (SSSR count). The van der Waals surface area contributed by atoms with E-state index in [9.17, 15) is 22.0 Å². The van der Waals surface area contributed by atoms with E-state index in [0.29, 0.717) is 23.3 Å². The minimum Gasteiger partial charge on any atom is -0.475 e. The van der Waals surface area contributed by atoms with Crippen molar-refractivity contribution in [3.63, 3.8) is 0 Å². The Balaban J connectivity index is 0.000000383. The number of carboxylic acids is 1. The number of hydrogen-bond donors (Lipinski definition) is 3. The summed E-state index contributed by atoms with van der Waals surface area (Å²) < 4.78 is 66.6. The molecule has 3 N–H and O–H groups in total. The predicted molar refractivity (Wildman–Crippen MR) is 109 cm³/mol. The van der Waals surface area contributed by atoms with Crippen molar-refractivity contribution in [3.05, 3.63) is 41.9 Å². The summed E-state index contributed by atoms with van der Waals surface area (Å²) in [6.45, 7) is 2.66. The van der Waals surface area contributed by atoms with Gasteiger partial charge in [-0.3, -0.25) is 0 Å². The number of aromatic nitrogens is 2. The van der Waals surface area contributed by atoms with Crippen LogP contribution in [0.3, 0.4) is 0 Å². The lowest BCUT2D eigenvalue weighted by Gasteiger charge is -2.36. The van der Waals surface area contributed by atoms with E-state index >= 15 is 0 Å². The number of aliphatic carboxylic acids is 1. The van der Waals surface area contributed by atoms with E-state index in [1.54, 1.807) is 7.11 Å². The fourth-order valence-corrected chi connectivity index (χ4v) is 3.98. The second kappa shape index (κ2) is 10.6. The van der Waals surface area contributed by atoms with Gasteiger partial charge in [0.1, 0.15) is 17.5 Å². The number of benzene rings is 1. The van der Waals surface area contributed by atoms with Gasteiger partial charge in [0, 0.05) is 56.5 Å². The predicted octanol–water partition coefficient (Wildman–Crippen LogP) is 2.74. The van der Waals surface area contributed by atoms with Crippen LogP contribution in [0, 0.1) is 11.6 Å². The first-order valence-electron chi connectivity index (χ1n) is 10.4. The van der Waals surface area contributed by atoms with E-state index < -0.39 is 23.8 Å². The maximum Gasteiger partial charge on any atom is 0.490 e. The molecule has 182 valence electrons. The Morgan fingerprint density at radius 3 is 2.67 bits per heavy atom. The highest BCUT2D eigenvalue weighted by molar-refractivity contribution is 5.73. The zero-order valence-electron chi connectivity index (χ0n) is 17.8. The van der Waals surface area contributed by atoms with Crippen molar-refractivity contribution in [3.8, 4) is 11.3 Å². The van der Waals surface area contributed by atoms with Crippen LogP contribution in [0.2, 0.25) is 0 Å². The van der Waals surface area contributed by atoms with E-state index in [4.69, 9.17) is 14.6 Å². The summed E-state index contributed by atoms with van der Waals surface area (Å²) in [6, 6.07) is 4.30. The monoisotopic (exact) mass is 476 g/mol. The third-order valence-corrected chi connectivity index (χ3v) is 5.62. The van der Waals surface area contributed by atoms with Crippen molar-refractivity contribution in [2.45, 2.75) is 50.2 Å². The number of rotatable bonds is 4. The molecule has 3 atom stereocenters. The molecule has 1 aromatic carbocycles. The Morgan fingerprint density at radius 1 is 1.30 bits per heavy atom. The molecule has 1 aromatic heterocycles. The van der Waals surface area contributed by atoms with Gasteiger partial charge < -0.3 is 25.0 Å². The standard InChI is InChI=1S/C19H24F2N4O.C2HF3O2/c1-26-18-9-22-7-6-16(18)23-13-3-5-19-24-17(11-25(19)10-13)14-4-2-12(20)8-15(14)21;3-2(4,5)1(6)7/h2,4,8,11,13,16,18,22-23H,3,5-7,9-10H2,1H3;(H,6,7). The number of methoxy groups -OCH3 is 1. The molecule has 3 unspecified atom stereocenters. The molecule has 0 saturated carbocycles. The largest absolute Gasteiger partial charge is 0.490 e. The third-order valence-electron chi connectivity index (χ3n) is 5.62. The average Bonchev–Trinajstić information content (AvgIpc) is 3.17. The molecule has 1 fully saturated rings. The first kappa shape index (κ1) is 25.1. The average molecular weight is 476 g/mol. The number of alkyl halides is 3. The van der Waals surface area contributed by atoms with Crippen molar-refractivity contribution in [2.75, 3.05) is 20.2 Å². The summed E-state index contributed by atoms with van der Waals surface area (Å²) in [5.41, 5.74) is 0.908. The molecule has 0 bridgehead atoms. The highest BCUT2D eigenvalue weighted by atomic mass is 19.4. The Labute approximate surface area is 186 Å². The molecule has 2 aromatic rings. The van der Waals surface area contributed by atoms with Crippen molar-refractivity contribution >= 4 is 5.97 Å². The molecular formula is C21H25F5N4O3.